The number of ether oxygens (including phenoxy) is 2. The highest BCUT2D eigenvalue weighted by Crippen LogP contribution is 2.69. The molecule has 5 heteroatoms. The van der Waals surface area contributed by atoms with Crippen LogP contribution in [0, 0.1) is 34.0 Å². The summed E-state index contributed by atoms with van der Waals surface area (Å²) in [6.07, 6.45) is 8.27. The van der Waals surface area contributed by atoms with Crippen LogP contribution >= 0.6 is 0 Å². The van der Waals surface area contributed by atoms with E-state index in [4.69, 9.17) is 9.47 Å². The second-order valence-electron chi connectivity index (χ2n) is 10.1. The third-order valence-corrected chi connectivity index (χ3v) is 9.45. The smallest absolute Gasteiger partial charge is 0.172 e. The fraction of sp³-hybridized carbons (Fsp3) is 0.864. The van der Waals surface area contributed by atoms with Crippen LogP contribution < -0.4 is 0 Å². The molecule has 0 aromatic heterocycles. The average Bonchev–Trinajstić information content (AvgIpc) is 3.21. The van der Waals surface area contributed by atoms with Gasteiger partial charge in [-0.3, -0.25) is 0 Å². The highest BCUT2D eigenvalue weighted by molar-refractivity contribution is 5.33. The quantitative estimate of drug-likeness (QED) is 0.504. The molecule has 5 rings (SSSR count). The molecule has 0 unspecified atom stereocenters. The molecule has 1 spiro atoms. The van der Waals surface area contributed by atoms with Crippen molar-refractivity contribution in [3.8, 4) is 6.07 Å². The van der Waals surface area contributed by atoms with E-state index < -0.39 is 22.4 Å². The molecule has 0 bridgehead atoms. The van der Waals surface area contributed by atoms with Crippen molar-refractivity contribution in [3.63, 3.8) is 0 Å². The summed E-state index contributed by atoms with van der Waals surface area (Å²) in [5, 5.41) is 32.7. The number of nitrogens with zero attached hydrogens (tertiary/aromatic N) is 1. The molecule has 0 aromatic carbocycles. The van der Waals surface area contributed by atoms with Gasteiger partial charge in [0.25, 0.3) is 0 Å². The highest BCUT2D eigenvalue weighted by atomic mass is 16.7. The van der Waals surface area contributed by atoms with E-state index in [0.717, 1.165) is 32.1 Å². The number of hydrogen-bond donors (Lipinski definition) is 2. The van der Waals surface area contributed by atoms with Crippen LogP contribution in [0.1, 0.15) is 65.2 Å². The van der Waals surface area contributed by atoms with Gasteiger partial charge in [-0.2, -0.15) is 5.26 Å². The zero-order valence-electron chi connectivity index (χ0n) is 16.5. The third kappa shape index (κ3) is 2.03. The van der Waals surface area contributed by atoms with Crippen molar-refractivity contribution in [2.24, 2.45) is 22.7 Å². The van der Waals surface area contributed by atoms with E-state index in [0.29, 0.717) is 32.5 Å². The van der Waals surface area contributed by atoms with E-state index in [1.54, 1.807) is 0 Å². The molecule has 2 N–H and O–H groups in total. The number of rotatable bonds is 0. The molecular formula is C22H31NO4. The summed E-state index contributed by atoms with van der Waals surface area (Å²) in [7, 11) is 0. The third-order valence-electron chi connectivity index (χ3n) is 9.45. The van der Waals surface area contributed by atoms with Gasteiger partial charge in [0, 0.05) is 23.7 Å². The van der Waals surface area contributed by atoms with E-state index in [1.807, 2.05) is 0 Å². The second-order valence-corrected chi connectivity index (χ2v) is 10.1. The Morgan fingerprint density at radius 1 is 1.04 bits per heavy atom. The van der Waals surface area contributed by atoms with Crippen molar-refractivity contribution in [1.29, 1.82) is 5.26 Å². The number of hydrogen-bond acceptors (Lipinski definition) is 5. The lowest BCUT2D eigenvalue weighted by Crippen LogP contribution is -2.65. The van der Waals surface area contributed by atoms with Crippen molar-refractivity contribution in [1.82, 2.24) is 0 Å². The predicted octanol–water partition coefficient (Wildman–Crippen LogP) is 3.06. The largest absolute Gasteiger partial charge is 0.389 e. The average molecular weight is 373 g/mol. The zero-order chi connectivity index (χ0) is 19.1. The number of nitriles is 1. The van der Waals surface area contributed by atoms with Crippen molar-refractivity contribution in [3.05, 3.63) is 11.6 Å². The van der Waals surface area contributed by atoms with Gasteiger partial charge < -0.3 is 19.7 Å². The van der Waals surface area contributed by atoms with Gasteiger partial charge in [0.1, 0.15) is 0 Å². The van der Waals surface area contributed by atoms with Gasteiger partial charge in [-0.05, 0) is 50.4 Å². The summed E-state index contributed by atoms with van der Waals surface area (Å²) in [4.78, 5) is 0. The molecule has 0 radical (unpaired) electrons. The topological polar surface area (TPSA) is 82.7 Å². The molecule has 4 aliphatic carbocycles. The molecule has 0 aromatic rings. The first-order valence-corrected chi connectivity index (χ1v) is 10.6. The van der Waals surface area contributed by atoms with Crippen LogP contribution in [0.25, 0.3) is 0 Å². The standard InChI is InChI=1S/C22H31NO4/c1-18-7-9-21(26-11-12-27-21)13-15(18)3-4-17-16-5-6-20(24,14-23)19(16,2)8-10-22(17,18)25/h3,16-17,24-25H,4-13H2,1-2H3/t16-,17-,18-,19-,20-,22+/m0/s1. The number of allylic oxidation sites excluding steroid dienone is 1. The number of fused-ring (bicyclic) bond motifs is 5. The molecule has 0 amide bonds. The Kier molecular flexibility index (Phi) is 3.60. The molecule has 4 fully saturated rings. The molecule has 148 valence electrons. The van der Waals surface area contributed by atoms with Gasteiger partial charge in [-0.25, -0.2) is 0 Å². The second kappa shape index (κ2) is 5.36. The molecule has 5 aliphatic rings. The summed E-state index contributed by atoms with van der Waals surface area (Å²) < 4.78 is 11.9. The van der Waals surface area contributed by atoms with Gasteiger partial charge in [0.15, 0.2) is 11.4 Å². The SMILES string of the molecule is C[C@]12CCC3(CC1=CC[C@H]1[C@@H]4CC[C@](O)(C#N)[C@@]4(C)CC[C@@]12O)OCCO3. The Morgan fingerprint density at radius 3 is 2.48 bits per heavy atom. The first kappa shape index (κ1) is 18.1. The van der Waals surface area contributed by atoms with Crippen molar-refractivity contribution in [2.75, 3.05) is 13.2 Å². The molecule has 27 heavy (non-hydrogen) atoms. The molecule has 1 aliphatic heterocycles. The lowest BCUT2D eigenvalue weighted by Gasteiger charge is -2.63. The molecule has 5 nitrogen and oxygen atoms in total. The monoisotopic (exact) mass is 373 g/mol. The molecule has 6 atom stereocenters. The zero-order valence-corrected chi connectivity index (χ0v) is 16.5. The van der Waals surface area contributed by atoms with E-state index >= 15 is 0 Å². The lowest BCUT2D eigenvalue weighted by atomic mass is 9.44. The van der Waals surface area contributed by atoms with Crippen molar-refractivity contribution >= 4 is 0 Å². The van der Waals surface area contributed by atoms with E-state index in [1.165, 1.54) is 5.57 Å². The fourth-order valence-electron chi connectivity index (χ4n) is 7.49. The van der Waals surface area contributed by atoms with Crippen molar-refractivity contribution in [2.45, 2.75) is 82.2 Å². The van der Waals surface area contributed by atoms with Crippen LogP contribution in [0.15, 0.2) is 11.6 Å². The summed E-state index contributed by atoms with van der Waals surface area (Å²) >= 11 is 0. The summed E-state index contributed by atoms with van der Waals surface area (Å²) in [6, 6.07) is 2.21. The normalized spacial score (nSPS) is 53.2. The van der Waals surface area contributed by atoms with E-state index in [2.05, 4.69) is 26.0 Å². The summed E-state index contributed by atoms with van der Waals surface area (Å²) in [5.41, 5.74) is -1.45. The Labute approximate surface area is 161 Å². The fourth-order valence-corrected chi connectivity index (χ4v) is 7.49. The lowest BCUT2D eigenvalue weighted by molar-refractivity contribution is -0.227. The Bertz CT molecular complexity index is 737. The molecule has 3 saturated carbocycles. The van der Waals surface area contributed by atoms with Crippen LogP contribution in [-0.4, -0.2) is 40.4 Å². The summed E-state index contributed by atoms with van der Waals surface area (Å²) in [5.74, 6) is -0.191. The van der Waals surface area contributed by atoms with E-state index in [-0.39, 0.29) is 17.3 Å². The maximum atomic E-state index is 12.1. The maximum Gasteiger partial charge on any atom is 0.172 e. The Morgan fingerprint density at radius 2 is 1.78 bits per heavy atom. The van der Waals surface area contributed by atoms with Gasteiger partial charge in [-0.15, -0.1) is 0 Å². The van der Waals surface area contributed by atoms with Gasteiger partial charge in [0.2, 0.25) is 0 Å². The first-order chi connectivity index (χ1) is 12.7. The van der Waals surface area contributed by atoms with Crippen LogP contribution in [0.4, 0.5) is 0 Å². The first-order valence-electron chi connectivity index (χ1n) is 10.6. The number of aliphatic hydroxyl groups is 2. The molecule has 1 heterocycles. The Balaban J connectivity index is 1.52. The minimum Gasteiger partial charge on any atom is -0.389 e. The van der Waals surface area contributed by atoms with Crippen LogP contribution in [0.3, 0.4) is 0 Å². The van der Waals surface area contributed by atoms with Crippen LogP contribution in [0.2, 0.25) is 0 Å². The van der Waals surface area contributed by atoms with E-state index in [9.17, 15) is 15.5 Å². The van der Waals surface area contributed by atoms with Crippen LogP contribution in [0.5, 0.6) is 0 Å². The van der Waals surface area contributed by atoms with Gasteiger partial charge >= 0.3 is 0 Å². The predicted molar refractivity (Wildman–Crippen MR) is 98.4 cm³/mol. The summed E-state index contributed by atoms with van der Waals surface area (Å²) in [6.45, 7) is 5.61. The van der Waals surface area contributed by atoms with Gasteiger partial charge in [0.05, 0.1) is 24.9 Å². The van der Waals surface area contributed by atoms with Crippen LogP contribution in [-0.2, 0) is 9.47 Å². The maximum absolute atomic E-state index is 12.1. The molecule has 1 saturated heterocycles. The highest BCUT2D eigenvalue weighted by Gasteiger charge is 2.69. The minimum atomic E-state index is -1.26. The van der Waals surface area contributed by atoms with Gasteiger partial charge in [-0.1, -0.05) is 25.5 Å². The Hall–Kier alpha value is -0.930. The van der Waals surface area contributed by atoms with Crippen molar-refractivity contribution < 1.29 is 19.7 Å². The minimum absolute atomic E-state index is 0.104. The molecular weight excluding hydrogens is 342 g/mol.